The van der Waals surface area contributed by atoms with E-state index >= 15 is 0 Å². The lowest BCUT2D eigenvalue weighted by Crippen LogP contribution is -2.44. The van der Waals surface area contributed by atoms with Crippen LogP contribution in [0.5, 0.6) is 11.5 Å². The van der Waals surface area contributed by atoms with Crippen LogP contribution >= 0.6 is 0 Å². The largest absolute Gasteiger partial charge is 0.493 e. The summed E-state index contributed by atoms with van der Waals surface area (Å²) in [7, 11) is 3.20. The second-order valence-electron chi connectivity index (χ2n) is 7.07. The fourth-order valence-corrected chi connectivity index (χ4v) is 3.67. The molecule has 0 saturated carbocycles. The van der Waals surface area contributed by atoms with Crippen molar-refractivity contribution in [2.75, 3.05) is 33.9 Å². The van der Waals surface area contributed by atoms with Gasteiger partial charge < -0.3 is 19.1 Å². The van der Waals surface area contributed by atoms with Crippen molar-refractivity contribution in [2.24, 2.45) is 0 Å². The topological polar surface area (TPSA) is 60.9 Å². The molecular weight excluding hydrogens is 368 g/mol. The number of carbonyl (C=O) groups is 1. The zero-order chi connectivity index (χ0) is 20.4. The van der Waals surface area contributed by atoms with Gasteiger partial charge in [-0.2, -0.15) is 0 Å². The number of para-hydroxylation sites is 1. The Morgan fingerprint density at radius 2 is 1.90 bits per heavy atom. The van der Waals surface area contributed by atoms with E-state index in [1.807, 2.05) is 60.4 Å². The number of carbonyl (C=O) groups excluding carboxylic acids is 1. The number of ether oxygens (including phenoxy) is 3. The normalized spacial score (nSPS) is 16.7. The van der Waals surface area contributed by atoms with Crippen LogP contribution in [-0.2, 0) is 4.74 Å². The molecule has 1 aliphatic heterocycles. The summed E-state index contributed by atoms with van der Waals surface area (Å²) in [4.78, 5) is 20.0. The minimum atomic E-state index is 0.000441. The molecule has 150 valence electrons. The Labute approximate surface area is 170 Å². The van der Waals surface area contributed by atoms with Crippen LogP contribution in [0.3, 0.4) is 0 Å². The molecule has 1 atom stereocenters. The number of nitrogens with zero attached hydrogens (tertiary/aromatic N) is 2. The molecule has 0 bridgehead atoms. The standard InChI is InChI=1S/C23H24N2O4/c1-15-14-25(10-11-29-15)23(26)18-13-20(24-19-7-5-4-6-17(18)19)16-8-9-21(27-2)22(12-16)28-3/h4-9,12-13,15H,10-11,14H2,1-3H3. The van der Waals surface area contributed by atoms with E-state index in [0.29, 0.717) is 42.5 Å². The van der Waals surface area contributed by atoms with Gasteiger partial charge in [-0.15, -0.1) is 0 Å². The molecule has 1 unspecified atom stereocenters. The van der Waals surface area contributed by atoms with Gasteiger partial charge in [-0.05, 0) is 37.3 Å². The van der Waals surface area contributed by atoms with Gasteiger partial charge in [0.05, 0.1) is 43.7 Å². The first-order chi connectivity index (χ1) is 14.1. The van der Waals surface area contributed by atoms with Gasteiger partial charge in [-0.25, -0.2) is 4.98 Å². The van der Waals surface area contributed by atoms with Gasteiger partial charge in [0, 0.05) is 24.0 Å². The van der Waals surface area contributed by atoms with Crippen molar-refractivity contribution < 1.29 is 19.0 Å². The lowest BCUT2D eigenvalue weighted by molar-refractivity contribution is -0.0123. The third kappa shape index (κ3) is 3.76. The van der Waals surface area contributed by atoms with E-state index in [4.69, 9.17) is 19.2 Å². The highest BCUT2D eigenvalue weighted by molar-refractivity contribution is 6.07. The van der Waals surface area contributed by atoms with E-state index in [2.05, 4.69) is 0 Å². The molecule has 1 aliphatic rings. The maximum atomic E-state index is 13.4. The molecule has 2 aromatic carbocycles. The molecule has 2 heterocycles. The van der Waals surface area contributed by atoms with Crippen molar-refractivity contribution in [3.63, 3.8) is 0 Å². The number of aromatic nitrogens is 1. The number of benzene rings is 2. The predicted octanol–water partition coefficient (Wildman–Crippen LogP) is 3.78. The Bertz CT molecular complexity index is 1050. The highest BCUT2D eigenvalue weighted by atomic mass is 16.5. The molecule has 0 aliphatic carbocycles. The quantitative estimate of drug-likeness (QED) is 0.676. The summed E-state index contributed by atoms with van der Waals surface area (Å²) in [6.07, 6.45) is 0.0334. The van der Waals surface area contributed by atoms with Crippen LogP contribution in [0.15, 0.2) is 48.5 Å². The first-order valence-electron chi connectivity index (χ1n) is 9.63. The smallest absolute Gasteiger partial charge is 0.254 e. The summed E-state index contributed by atoms with van der Waals surface area (Å²) in [6, 6.07) is 15.2. The molecule has 0 radical (unpaired) electrons. The molecular formula is C23H24N2O4. The average Bonchev–Trinajstić information content (AvgIpc) is 2.77. The molecule has 6 nitrogen and oxygen atoms in total. The highest BCUT2D eigenvalue weighted by Crippen LogP contribution is 2.33. The zero-order valence-corrected chi connectivity index (χ0v) is 16.8. The second kappa shape index (κ2) is 8.09. The monoisotopic (exact) mass is 392 g/mol. The molecule has 1 amide bonds. The summed E-state index contributed by atoms with van der Waals surface area (Å²) < 4.78 is 16.3. The molecule has 0 N–H and O–H groups in total. The van der Waals surface area contributed by atoms with Gasteiger partial charge in [0.25, 0.3) is 5.91 Å². The van der Waals surface area contributed by atoms with E-state index in [9.17, 15) is 4.79 Å². The lowest BCUT2D eigenvalue weighted by atomic mass is 10.0. The van der Waals surface area contributed by atoms with E-state index in [1.54, 1.807) is 14.2 Å². The van der Waals surface area contributed by atoms with Crippen molar-refractivity contribution in [3.05, 3.63) is 54.1 Å². The third-order valence-corrected chi connectivity index (χ3v) is 5.15. The number of pyridine rings is 1. The maximum Gasteiger partial charge on any atom is 0.254 e. The Balaban J connectivity index is 1.82. The summed E-state index contributed by atoms with van der Waals surface area (Å²) in [5.41, 5.74) is 3.01. The molecule has 0 spiro atoms. The van der Waals surface area contributed by atoms with Crippen molar-refractivity contribution >= 4 is 16.8 Å². The van der Waals surface area contributed by atoms with Crippen molar-refractivity contribution in [3.8, 4) is 22.8 Å². The van der Waals surface area contributed by atoms with Gasteiger partial charge in [0.15, 0.2) is 11.5 Å². The van der Waals surface area contributed by atoms with Crippen LogP contribution < -0.4 is 9.47 Å². The number of hydrogen-bond acceptors (Lipinski definition) is 5. The number of amides is 1. The number of hydrogen-bond donors (Lipinski definition) is 0. The third-order valence-electron chi connectivity index (χ3n) is 5.15. The molecule has 4 rings (SSSR count). The van der Waals surface area contributed by atoms with Crippen LogP contribution in [0.25, 0.3) is 22.2 Å². The van der Waals surface area contributed by atoms with Crippen molar-refractivity contribution in [1.82, 2.24) is 9.88 Å². The van der Waals surface area contributed by atoms with E-state index in [1.165, 1.54) is 0 Å². The van der Waals surface area contributed by atoms with E-state index in [0.717, 1.165) is 16.5 Å². The first-order valence-corrected chi connectivity index (χ1v) is 9.63. The first kappa shape index (κ1) is 19.2. The summed E-state index contributed by atoms with van der Waals surface area (Å²) in [5.74, 6) is 1.27. The van der Waals surface area contributed by atoms with E-state index in [-0.39, 0.29) is 12.0 Å². The zero-order valence-electron chi connectivity index (χ0n) is 16.8. The number of morpholine rings is 1. The molecule has 1 saturated heterocycles. The maximum absolute atomic E-state index is 13.4. The van der Waals surface area contributed by atoms with Gasteiger partial charge in [0.2, 0.25) is 0 Å². The van der Waals surface area contributed by atoms with Crippen LogP contribution in [0, 0.1) is 0 Å². The van der Waals surface area contributed by atoms with Crippen LogP contribution in [0.1, 0.15) is 17.3 Å². The van der Waals surface area contributed by atoms with Crippen LogP contribution in [0.2, 0.25) is 0 Å². The van der Waals surface area contributed by atoms with Gasteiger partial charge >= 0.3 is 0 Å². The predicted molar refractivity (Wildman–Crippen MR) is 112 cm³/mol. The molecule has 1 aromatic heterocycles. The summed E-state index contributed by atoms with van der Waals surface area (Å²) >= 11 is 0. The Kier molecular flexibility index (Phi) is 5.36. The minimum Gasteiger partial charge on any atom is -0.493 e. The van der Waals surface area contributed by atoms with Crippen molar-refractivity contribution in [1.29, 1.82) is 0 Å². The molecule has 3 aromatic rings. The SMILES string of the molecule is COc1ccc(-c2cc(C(=O)N3CCOC(C)C3)c3ccccc3n2)cc1OC. The van der Waals surface area contributed by atoms with Gasteiger partial charge in [-0.1, -0.05) is 18.2 Å². The fourth-order valence-electron chi connectivity index (χ4n) is 3.67. The number of methoxy groups -OCH3 is 2. The highest BCUT2D eigenvalue weighted by Gasteiger charge is 2.24. The Hall–Kier alpha value is -3.12. The van der Waals surface area contributed by atoms with Gasteiger partial charge in [0.1, 0.15) is 0 Å². The molecule has 6 heteroatoms. The van der Waals surface area contributed by atoms with Crippen LogP contribution in [-0.4, -0.2) is 55.8 Å². The Morgan fingerprint density at radius 3 is 2.66 bits per heavy atom. The molecule has 1 fully saturated rings. The van der Waals surface area contributed by atoms with E-state index < -0.39 is 0 Å². The van der Waals surface area contributed by atoms with Crippen molar-refractivity contribution in [2.45, 2.75) is 13.0 Å². The lowest BCUT2D eigenvalue weighted by Gasteiger charge is -2.31. The van der Waals surface area contributed by atoms with Gasteiger partial charge in [-0.3, -0.25) is 4.79 Å². The molecule has 29 heavy (non-hydrogen) atoms. The fraction of sp³-hybridized carbons (Fsp3) is 0.304. The minimum absolute atomic E-state index is 0.000441. The number of fused-ring (bicyclic) bond motifs is 1. The average molecular weight is 392 g/mol. The summed E-state index contributed by atoms with van der Waals surface area (Å²) in [5, 5.41) is 0.848. The second-order valence-corrected chi connectivity index (χ2v) is 7.07. The van der Waals surface area contributed by atoms with Crippen LogP contribution in [0.4, 0.5) is 0 Å². The summed E-state index contributed by atoms with van der Waals surface area (Å²) in [6.45, 7) is 3.71. The Morgan fingerprint density at radius 1 is 1.10 bits per heavy atom. The number of rotatable bonds is 4.